The lowest BCUT2D eigenvalue weighted by molar-refractivity contribution is -0.203. The molecule has 5 unspecified atom stereocenters. The minimum Gasteiger partial charge on any atom is -0.496 e. The van der Waals surface area contributed by atoms with Gasteiger partial charge in [-0.05, 0) is 80.7 Å². The summed E-state index contributed by atoms with van der Waals surface area (Å²) in [5.41, 5.74) is -1.35. The Kier molecular flexibility index (Phi) is 9.83. The molecular formula is C47H62N5O7. The van der Waals surface area contributed by atoms with Crippen LogP contribution in [0.3, 0.4) is 0 Å². The summed E-state index contributed by atoms with van der Waals surface area (Å²) in [6.45, 7) is 9.79. The molecule has 1 aromatic heterocycles. The second-order valence-corrected chi connectivity index (χ2v) is 18.5. The zero-order valence-corrected chi connectivity index (χ0v) is 35.5. The quantitative estimate of drug-likeness (QED) is 0.122. The van der Waals surface area contributed by atoms with Crippen LogP contribution in [0.1, 0.15) is 81.7 Å². The highest BCUT2D eigenvalue weighted by atomic mass is 16.5. The number of para-hydroxylation sites is 1. The maximum atomic E-state index is 15.3. The number of fused-ring (bicyclic) bond motifs is 6. The maximum Gasteiger partial charge on any atom is 0.322 e. The first kappa shape index (κ1) is 40.5. The molecule has 2 aromatic carbocycles. The lowest BCUT2D eigenvalue weighted by atomic mass is 9.47. The van der Waals surface area contributed by atoms with Crippen LogP contribution in [-0.4, -0.2) is 132 Å². The number of amides is 1. The summed E-state index contributed by atoms with van der Waals surface area (Å²) >= 11 is 0. The summed E-state index contributed by atoms with van der Waals surface area (Å²) in [5, 5.41) is 42.0. The number of piperidine rings is 1. The van der Waals surface area contributed by atoms with Crippen molar-refractivity contribution in [2.45, 2.75) is 106 Å². The van der Waals surface area contributed by atoms with E-state index in [0.717, 1.165) is 46.3 Å². The first-order chi connectivity index (χ1) is 28.3. The van der Waals surface area contributed by atoms with E-state index in [0.29, 0.717) is 82.7 Å². The minimum absolute atomic E-state index is 0.198. The summed E-state index contributed by atoms with van der Waals surface area (Å²) in [4.78, 5) is 40.5. The molecule has 9 rings (SSSR count). The summed E-state index contributed by atoms with van der Waals surface area (Å²) < 4.78 is 12.3. The number of carbonyl (C=O) groups excluding carboxylic acids is 2. The van der Waals surface area contributed by atoms with Gasteiger partial charge in [-0.3, -0.25) is 19.4 Å². The summed E-state index contributed by atoms with van der Waals surface area (Å²) in [5.74, 6) is -0.713. The van der Waals surface area contributed by atoms with E-state index in [4.69, 9.17) is 9.47 Å². The Bertz CT molecular complexity index is 2190. The van der Waals surface area contributed by atoms with Crippen LogP contribution in [0.5, 0.6) is 5.75 Å². The first-order valence-corrected chi connectivity index (χ1v) is 21.9. The Balaban J connectivity index is 1.34. The number of aromatic amines is 1. The van der Waals surface area contributed by atoms with Crippen molar-refractivity contribution in [2.75, 3.05) is 65.4 Å². The van der Waals surface area contributed by atoms with Crippen molar-refractivity contribution in [3.05, 3.63) is 77.4 Å². The van der Waals surface area contributed by atoms with Crippen LogP contribution in [0.15, 0.2) is 48.6 Å². The molecule has 1 aliphatic carbocycles. The zero-order chi connectivity index (χ0) is 41.7. The molecule has 6 aliphatic rings. The molecule has 12 nitrogen and oxygen atoms in total. The molecule has 3 fully saturated rings. The second kappa shape index (κ2) is 14.3. The predicted octanol–water partition coefficient (Wildman–Crippen LogP) is 3.98. The van der Waals surface area contributed by atoms with Gasteiger partial charge in [-0.2, -0.15) is 0 Å². The molecule has 2 bridgehead atoms. The number of hydrogen-bond donors (Lipinski definition) is 5. The van der Waals surface area contributed by atoms with Crippen LogP contribution in [0.2, 0.25) is 0 Å². The molecule has 317 valence electrons. The van der Waals surface area contributed by atoms with Crippen molar-refractivity contribution < 1.29 is 34.4 Å². The normalized spacial score (nSPS) is 37.1. The molecule has 1 saturated carbocycles. The van der Waals surface area contributed by atoms with Crippen molar-refractivity contribution in [1.29, 1.82) is 0 Å². The average molecular weight is 809 g/mol. The molecule has 1 spiro atoms. The van der Waals surface area contributed by atoms with Crippen LogP contribution in [-0.2, 0) is 31.6 Å². The molecular weight excluding hydrogens is 747 g/mol. The van der Waals surface area contributed by atoms with Gasteiger partial charge in [0.2, 0.25) is 0 Å². The predicted molar refractivity (Wildman–Crippen MR) is 226 cm³/mol. The molecule has 1 amide bonds. The second-order valence-electron chi connectivity index (χ2n) is 18.5. The number of esters is 1. The Morgan fingerprint density at radius 1 is 1.03 bits per heavy atom. The number of nitrogens with zero attached hydrogens (tertiary/aromatic N) is 3. The minimum atomic E-state index is -2.19. The highest BCUT2D eigenvalue weighted by molar-refractivity contribution is 5.95. The third-order valence-electron chi connectivity index (χ3n) is 15.8. The van der Waals surface area contributed by atoms with Crippen LogP contribution < -0.4 is 15.0 Å². The van der Waals surface area contributed by atoms with Gasteiger partial charge < -0.3 is 40.0 Å². The van der Waals surface area contributed by atoms with Gasteiger partial charge >= 0.3 is 5.97 Å². The van der Waals surface area contributed by atoms with Gasteiger partial charge in [0.05, 0.1) is 25.9 Å². The van der Waals surface area contributed by atoms with Crippen LogP contribution in [0.4, 0.5) is 5.69 Å². The highest BCUT2D eigenvalue weighted by Gasteiger charge is 2.78. The van der Waals surface area contributed by atoms with Crippen molar-refractivity contribution in [1.82, 2.24) is 20.1 Å². The molecule has 12 heteroatoms. The van der Waals surface area contributed by atoms with Gasteiger partial charge in [-0.1, -0.05) is 57.5 Å². The largest absolute Gasteiger partial charge is 0.496 e. The van der Waals surface area contributed by atoms with Crippen molar-refractivity contribution in [3.8, 4) is 5.75 Å². The Morgan fingerprint density at radius 2 is 1.83 bits per heavy atom. The number of rotatable bonds is 9. The Labute approximate surface area is 347 Å². The number of likely N-dealkylation sites (N-methyl/N-ethyl adjacent to an activating group) is 1. The van der Waals surface area contributed by atoms with E-state index in [9.17, 15) is 20.1 Å². The van der Waals surface area contributed by atoms with E-state index in [1.807, 2.05) is 50.1 Å². The molecule has 3 aromatic rings. The number of carbonyl (C=O) groups is 2. The number of methoxy groups -OCH3 is 2. The lowest BCUT2D eigenvalue weighted by Gasteiger charge is -2.63. The van der Waals surface area contributed by atoms with E-state index < -0.39 is 51.5 Å². The van der Waals surface area contributed by atoms with Crippen LogP contribution in [0, 0.1) is 17.8 Å². The van der Waals surface area contributed by atoms with Gasteiger partial charge in [0.15, 0.2) is 5.60 Å². The maximum absolute atomic E-state index is 15.3. The van der Waals surface area contributed by atoms with E-state index >= 15 is 4.79 Å². The molecule has 5 N–H and O–H groups in total. The third kappa shape index (κ3) is 5.38. The highest BCUT2D eigenvalue weighted by Crippen LogP contribution is 2.67. The fourth-order valence-electron chi connectivity index (χ4n) is 13.3. The number of hydrogen-bond acceptors (Lipinski definition) is 10. The topological polar surface area (TPSA) is 151 Å². The van der Waals surface area contributed by atoms with Gasteiger partial charge in [0.1, 0.15) is 17.3 Å². The van der Waals surface area contributed by atoms with E-state index in [1.165, 1.54) is 7.11 Å². The number of aliphatic hydroxyl groups excluding tert-OH is 1. The van der Waals surface area contributed by atoms with Crippen LogP contribution >= 0.6 is 0 Å². The zero-order valence-electron chi connectivity index (χ0n) is 35.5. The van der Waals surface area contributed by atoms with E-state index in [1.54, 1.807) is 7.11 Å². The van der Waals surface area contributed by atoms with Gasteiger partial charge in [-0.15, -0.1) is 0 Å². The van der Waals surface area contributed by atoms with Gasteiger partial charge in [-0.25, -0.2) is 0 Å². The Morgan fingerprint density at radius 3 is 2.56 bits per heavy atom. The first-order valence-electron chi connectivity index (χ1n) is 21.9. The lowest BCUT2D eigenvalue weighted by Crippen LogP contribution is -2.81. The summed E-state index contributed by atoms with van der Waals surface area (Å²) in [7, 11) is 4.98. The molecule has 1 radical (unpaired) electrons. The number of benzene rings is 2. The summed E-state index contributed by atoms with van der Waals surface area (Å²) in [6, 6.07) is 11.2. The van der Waals surface area contributed by atoms with Gasteiger partial charge in [0, 0.05) is 90.6 Å². The number of H-pyrrole nitrogens is 1. The SMILES string of the molecule is CCCCNC(=O)[C@]1(O)C2N(C)c3cc(OC)c([C@@]4(C(=O)OC)CC5[CH][C@@](O)(CC)CN(CCc6c4[nH]c4ccccc64)C5)cc3C23CCN2CC=C[C@](CC)(C23)[C@H]1O. The number of aliphatic hydroxyl groups is 3. The van der Waals surface area contributed by atoms with Crippen molar-refractivity contribution in [2.24, 2.45) is 11.3 Å². The van der Waals surface area contributed by atoms with E-state index in [2.05, 4.69) is 57.7 Å². The fourth-order valence-corrected chi connectivity index (χ4v) is 13.3. The summed E-state index contributed by atoms with van der Waals surface area (Å²) in [6.07, 6.45) is 9.06. The third-order valence-corrected chi connectivity index (χ3v) is 15.8. The Hall–Kier alpha value is -3.94. The molecule has 6 heterocycles. The number of unbranched alkanes of at least 4 members (excludes halogenated alkanes) is 1. The molecule has 5 aliphatic heterocycles. The molecule has 2 saturated heterocycles. The number of ether oxygens (including phenoxy) is 2. The monoisotopic (exact) mass is 808 g/mol. The number of nitrogens with one attached hydrogen (secondary N) is 2. The average Bonchev–Trinajstić information content (AvgIpc) is 3.90. The van der Waals surface area contributed by atoms with E-state index in [-0.39, 0.29) is 12.0 Å². The fraction of sp³-hybridized carbons (Fsp3) is 0.596. The van der Waals surface area contributed by atoms with Crippen LogP contribution in [0.25, 0.3) is 10.9 Å². The number of aromatic nitrogens is 1. The molecule has 10 atom stereocenters. The van der Waals surface area contributed by atoms with Crippen molar-refractivity contribution in [3.63, 3.8) is 0 Å². The van der Waals surface area contributed by atoms with Crippen molar-refractivity contribution >= 4 is 28.5 Å². The molecule has 59 heavy (non-hydrogen) atoms. The smallest absolute Gasteiger partial charge is 0.322 e. The van der Waals surface area contributed by atoms with Gasteiger partial charge in [0.25, 0.3) is 5.91 Å². The standard InChI is InChI=1S/C47H62N5O7/c1-7-10-19-48-41(54)47(57)39-45(18-22-52-20-13-17-44(9-3,38(45)52)40(47)53)32-23-33(36(58-5)24-35(32)50(39)4)46(42(55)59-6)26-29-25-43(56,8-2)28-51(27-29)21-16-31-30-14-11-12-15-34(30)49-37(31)46/h11-15,17,23-25,29,38-40,49,53,56-57H,7-10,16,18-22,26-28H2,1-6H3,(H,48,54)/t29?,38?,39?,40-,43+,44-,45?,46+,47+/m1/s1. The number of anilines is 1.